The number of fused-ring (bicyclic) bond motifs is 1. The second-order valence-electron chi connectivity index (χ2n) is 4.66. The third-order valence-corrected chi connectivity index (χ3v) is 5.02. The van der Waals surface area contributed by atoms with E-state index < -0.39 is 5.97 Å². The summed E-state index contributed by atoms with van der Waals surface area (Å²) in [7, 11) is 0. The maximum absolute atomic E-state index is 12.1. The highest BCUT2D eigenvalue weighted by molar-refractivity contribution is 8.17. The number of esters is 1. The molecule has 0 saturated heterocycles. The van der Waals surface area contributed by atoms with Crippen molar-refractivity contribution in [3.63, 3.8) is 0 Å². The number of carbonyl (C=O) groups excluding carboxylic acids is 1. The molecule has 122 valence electrons. The zero-order valence-corrected chi connectivity index (χ0v) is 14.6. The van der Waals surface area contributed by atoms with Gasteiger partial charge < -0.3 is 4.74 Å². The molecule has 0 fully saturated rings. The second kappa shape index (κ2) is 7.94. The van der Waals surface area contributed by atoms with Crippen LogP contribution in [0.25, 0.3) is 10.2 Å². The summed E-state index contributed by atoms with van der Waals surface area (Å²) in [5, 5.41) is 4.42. The molecule has 3 rings (SSSR count). The third-order valence-electron chi connectivity index (χ3n) is 2.97. The van der Waals surface area contributed by atoms with Gasteiger partial charge in [-0.05, 0) is 43.0 Å². The number of para-hydroxylation sites is 2. The van der Waals surface area contributed by atoms with Crippen molar-refractivity contribution in [2.24, 2.45) is 5.10 Å². The lowest BCUT2D eigenvalue weighted by atomic mass is 10.3. The Labute approximate surface area is 147 Å². The molecule has 1 N–H and O–H groups in total. The lowest BCUT2D eigenvalue weighted by molar-refractivity contribution is -0.134. The van der Waals surface area contributed by atoms with Crippen LogP contribution in [0.4, 0.5) is 5.69 Å². The lowest BCUT2D eigenvalue weighted by Gasteiger charge is -2.05. The Kier molecular flexibility index (Phi) is 5.45. The van der Waals surface area contributed by atoms with Gasteiger partial charge in [0.25, 0.3) is 0 Å². The third kappa shape index (κ3) is 4.12. The first-order valence-corrected chi connectivity index (χ1v) is 8.99. The van der Waals surface area contributed by atoms with Gasteiger partial charge in [0, 0.05) is 0 Å². The number of benzene rings is 2. The number of carbonyl (C=O) groups is 1. The van der Waals surface area contributed by atoms with E-state index in [9.17, 15) is 4.79 Å². The first-order valence-electron chi connectivity index (χ1n) is 7.35. The van der Waals surface area contributed by atoms with Crippen LogP contribution in [0.15, 0.2) is 64.0 Å². The Morgan fingerprint density at radius 2 is 1.96 bits per heavy atom. The first-order chi connectivity index (χ1) is 11.8. The molecular weight excluding hydrogens is 342 g/mol. The molecule has 2 aromatic carbocycles. The van der Waals surface area contributed by atoms with Crippen molar-refractivity contribution in [1.82, 2.24) is 4.98 Å². The van der Waals surface area contributed by atoms with Crippen LogP contribution in [0.3, 0.4) is 0 Å². The molecule has 1 heterocycles. The van der Waals surface area contributed by atoms with Crippen molar-refractivity contribution >= 4 is 50.0 Å². The minimum Gasteiger partial charge on any atom is -0.461 e. The molecule has 0 radical (unpaired) electrons. The number of hydrogen-bond donors (Lipinski definition) is 1. The van der Waals surface area contributed by atoms with E-state index in [1.54, 1.807) is 6.92 Å². The van der Waals surface area contributed by atoms with Crippen LogP contribution in [-0.4, -0.2) is 22.6 Å². The standard InChI is InChI=1S/C17H15N3O2S2/c1-2-22-16(21)15(20-19-12-8-4-3-5-9-12)24-17-18-13-10-6-7-11-14(13)23-17/h3-11,19H,2H2,1H3/b20-15-. The molecule has 0 spiro atoms. The van der Waals surface area contributed by atoms with E-state index in [1.165, 1.54) is 23.1 Å². The SMILES string of the molecule is CCOC(=O)/C(=N/Nc1ccccc1)Sc1nc2ccccc2s1. The lowest BCUT2D eigenvalue weighted by Crippen LogP contribution is -2.15. The van der Waals surface area contributed by atoms with Crippen LogP contribution in [0.2, 0.25) is 0 Å². The maximum atomic E-state index is 12.1. The smallest absolute Gasteiger partial charge is 0.365 e. The number of nitrogens with zero attached hydrogens (tertiary/aromatic N) is 2. The highest BCUT2D eigenvalue weighted by Crippen LogP contribution is 2.30. The van der Waals surface area contributed by atoms with Crippen molar-refractivity contribution in [2.45, 2.75) is 11.3 Å². The Hall–Kier alpha value is -2.38. The molecule has 0 unspecified atom stereocenters. The van der Waals surface area contributed by atoms with E-state index in [0.717, 1.165) is 20.2 Å². The van der Waals surface area contributed by atoms with Crippen LogP contribution in [0.5, 0.6) is 0 Å². The summed E-state index contributed by atoms with van der Waals surface area (Å²) in [4.78, 5) is 16.7. The zero-order valence-electron chi connectivity index (χ0n) is 12.9. The number of aromatic nitrogens is 1. The minimum atomic E-state index is -0.467. The van der Waals surface area contributed by atoms with E-state index in [4.69, 9.17) is 4.74 Å². The summed E-state index contributed by atoms with van der Waals surface area (Å²) in [6.07, 6.45) is 0. The van der Waals surface area contributed by atoms with Gasteiger partial charge in [-0.2, -0.15) is 5.10 Å². The van der Waals surface area contributed by atoms with Gasteiger partial charge in [-0.3, -0.25) is 5.43 Å². The number of nitrogens with one attached hydrogen (secondary N) is 1. The average Bonchev–Trinajstić information content (AvgIpc) is 3.02. The Morgan fingerprint density at radius 3 is 2.71 bits per heavy atom. The molecular formula is C17H15N3O2S2. The van der Waals surface area contributed by atoms with Crippen molar-refractivity contribution in [3.8, 4) is 0 Å². The van der Waals surface area contributed by atoms with Gasteiger partial charge in [-0.25, -0.2) is 9.78 Å². The molecule has 3 aromatic rings. The molecule has 7 heteroatoms. The number of ether oxygens (including phenoxy) is 1. The highest BCUT2D eigenvalue weighted by Gasteiger charge is 2.17. The van der Waals surface area contributed by atoms with E-state index in [-0.39, 0.29) is 5.04 Å². The number of thiazole rings is 1. The number of thioether (sulfide) groups is 1. The minimum absolute atomic E-state index is 0.222. The van der Waals surface area contributed by atoms with Gasteiger partial charge in [0.05, 0.1) is 22.5 Å². The summed E-state index contributed by atoms with van der Waals surface area (Å²) in [6.45, 7) is 2.06. The summed E-state index contributed by atoms with van der Waals surface area (Å²) in [5.41, 5.74) is 4.58. The Balaban J connectivity index is 1.82. The zero-order chi connectivity index (χ0) is 16.8. The summed E-state index contributed by atoms with van der Waals surface area (Å²) >= 11 is 2.72. The molecule has 0 amide bonds. The summed E-state index contributed by atoms with van der Waals surface area (Å²) < 4.78 is 6.90. The first kappa shape index (κ1) is 16.5. The molecule has 0 bridgehead atoms. The number of anilines is 1. The van der Waals surface area contributed by atoms with Crippen LogP contribution < -0.4 is 5.43 Å². The highest BCUT2D eigenvalue weighted by atomic mass is 32.2. The maximum Gasteiger partial charge on any atom is 0.365 e. The fourth-order valence-electron chi connectivity index (χ4n) is 1.91. The topological polar surface area (TPSA) is 63.6 Å². The Morgan fingerprint density at radius 1 is 1.21 bits per heavy atom. The molecule has 0 atom stereocenters. The molecule has 5 nitrogen and oxygen atoms in total. The predicted octanol–water partition coefficient (Wildman–Crippen LogP) is 4.38. The molecule has 1 aromatic heterocycles. The van der Waals surface area contributed by atoms with Gasteiger partial charge in [0.15, 0.2) is 4.34 Å². The van der Waals surface area contributed by atoms with Gasteiger partial charge in [0.1, 0.15) is 0 Å². The number of hydrazone groups is 1. The van der Waals surface area contributed by atoms with Gasteiger partial charge in [0.2, 0.25) is 5.04 Å². The molecule has 0 aliphatic rings. The molecule has 0 aliphatic carbocycles. The Bertz CT molecular complexity index is 829. The van der Waals surface area contributed by atoms with Crippen LogP contribution in [0.1, 0.15) is 6.92 Å². The van der Waals surface area contributed by atoms with Crippen molar-refractivity contribution in [2.75, 3.05) is 12.0 Å². The largest absolute Gasteiger partial charge is 0.461 e. The molecule has 24 heavy (non-hydrogen) atoms. The van der Waals surface area contributed by atoms with Crippen LogP contribution >= 0.6 is 23.1 Å². The fraction of sp³-hybridized carbons (Fsp3) is 0.118. The van der Waals surface area contributed by atoms with E-state index >= 15 is 0 Å². The monoisotopic (exact) mass is 357 g/mol. The fourth-order valence-corrected chi connectivity index (χ4v) is 3.82. The van der Waals surface area contributed by atoms with Gasteiger partial charge >= 0.3 is 5.97 Å². The summed E-state index contributed by atoms with van der Waals surface area (Å²) in [5.74, 6) is -0.467. The van der Waals surface area contributed by atoms with Crippen molar-refractivity contribution in [3.05, 3.63) is 54.6 Å². The predicted molar refractivity (Wildman–Crippen MR) is 99.6 cm³/mol. The van der Waals surface area contributed by atoms with Crippen LogP contribution in [-0.2, 0) is 9.53 Å². The summed E-state index contributed by atoms with van der Waals surface area (Å²) in [6, 6.07) is 17.3. The van der Waals surface area contributed by atoms with Gasteiger partial charge in [-0.15, -0.1) is 11.3 Å². The average molecular weight is 357 g/mol. The molecule has 0 aliphatic heterocycles. The second-order valence-corrected chi connectivity index (χ2v) is 6.93. The normalized spacial score (nSPS) is 11.5. The number of rotatable bonds is 4. The quantitative estimate of drug-likeness (QED) is 0.247. The van der Waals surface area contributed by atoms with E-state index in [0.29, 0.717) is 6.61 Å². The van der Waals surface area contributed by atoms with Crippen molar-refractivity contribution in [1.29, 1.82) is 0 Å². The van der Waals surface area contributed by atoms with E-state index in [1.807, 2.05) is 54.6 Å². The van der Waals surface area contributed by atoms with E-state index in [2.05, 4.69) is 15.5 Å². The van der Waals surface area contributed by atoms with Crippen molar-refractivity contribution < 1.29 is 9.53 Å². The molecule has 0 saturated carbocycles. The number of hydrogen-bond acceptors (Lipinski definition) is 7. The van der Waals surface area contributed by atoms with Gasteiger partial charge in [-0.1, -0.05) is 30.3 Å². The van der Waals surface area contributed by atoms with Crippen LogP contribution in [0, 0.1) is 0 Å².